The van der Waals surface area contributed by atoms with Crippen molar-refractivity contribution in [3.63, 3.8) is 0 Å². The summed E-state index contributed by atoms with van der Waals surface area (Å²) < 4.78 is 38.5. The summed E-state index contributed by atoms with van der Waals surface area (Å²) in [4.78, 5) is 12.3. The average Bonchev–Trinajstić information content (AvgIpc) is 2.88. The molecule has 0 aromatic heterocycles. The second-order valence-corrected chi connectivity index (χ2v) is 10.1. The first-order chi connectivity index (χ1) is 17.0. The SMILES string of the molecule is CC[C@H]1CC[C@H]([C@H]2CC[C@H](COc3ccc(C(=O)Oc4cc(F)c(C#N)c(F)c4)cc3)CC2)CC1. The lowest BCUT2D eigenvalue weighted by Gasteiger charge is -2.37. The molecule has 35 heavy (non-hydrogen) atoms. The highest BCUT2D eigenvalue weighted by atomic mass is 19.1. The van der Waals surface area contributed by atoms with Crippen molar-refractivity contribution < 1.29 is 23.0 Å². The lowest BCUT2D eigenvalue weighted by molar-refractivity contribution is 0.0734. The van der Waals surface area contributed by atoms with Gasteiger partial charge < -0.3 is 9.47 Å². The van der Waals surface area contributed by atoms with Gasteiger partial charge in [-0.1, -0.05) is 26.2 Å². The van der Waals surface area contributed by atoms with Gasteiger partial charge in [-0.05, 0) is 86.5 Å². The molecule has 2 aromatic rings. The number of benzene rings is 2. The maximum absolute atomic E-state index is 13.7. The average molecular weight is 482 g/mol. The number of hydrogen-bond donors (Lipinski definition) is 0. The standard InChI is InChI=1S/C29H33F2NO3/c1-2-19-3-7-21(8-4-19)22-9-5-20(6-10-22)18-34-24-13-11-23(12-14-24)29(33)35-25-15-27(30)26(17-32)28(31)16-25/h11-16,19-22H,2-10,18H2,1H3/t19-,20-,21-,22-. The molecule has 2 fully saturated rings. The Morgan fingerprint density at radius 3 is 1.94 bits per heavy atom. The highest BCUT2D eigenvalue weighted by Gasteiger charge is 2.30. The fraction of sp³-hybridized carbons (Fsp3) is 0.517. The Hall–Kier alpha value is -2.94. The number of carbonyl (C=O) groups is 1. The molecular weight excluding hydrogens is 448 g/mol. The van der Waals surface area contributed by atoms with Crippen LogP contribution in [0.2, 0.25) is 0 Å². The molecule has 0 heterocycles. The van der Waals surface area contributed by atoms with Gasteiger partial charge in [0.1, 0.15) is 34.8 Å². The summed E-state index contributed by atoms with van der Waals surface area (Å²) in [6.07, 6.45) is 12.0. The van der Waals surface area contributed by atoms with Crippen LogP contribution in [-0.4, -0.2) is 12.6 Å². The fourth-order valence-corrected chi connectivity index (χ4v) is 5.68. The van der Waals surface area contributed by atoms with Crippen LogP contribution in [0.5, 0.6) is 11.5 Å². The molecule has 0 aliphatic heterocycles. The van der Waals surface area contributed by atoms with Gasteiger partial charge in [0.2, 0.25) is 0 Å². The number of esters is 1. The van der Waals surface area contributed by atoms with Crippen molar-refractivity contribution in [1.29, 1.82) is 5.26 Å². The summed E-state index contributed by atoms with van der Waals surface area (Å²) >= 11 is 0. The summed E-state index contributed by atoms with van der Waals surface area (Å²) in [6.45, 7) is 2.99. The number of rotatable bonds is 7. The van der Waals surface area contributed by atoms with Gasteiger partial charge in [0.25, 0.3) is 0 Å². The second kappa shape index (κ2) is 11.7. The third-order valence-corrected chi connectivity index (χ3v) is 7.94. The van der Waals surface area contributed by atoms with Crippen LogP contribution in [0.4, 0.5) is 8.78 Å². The van der Waals surface area contributed by atoms with E-state index in [0.717, 1.165) is 29.9 Å². The zero-order valence-electron chi connectivity index (χ0n) is 20.3. The number of nitrogens with zero attached hydrogens (tertiary/aromatic N) is 1. The maximum Gasteiger partial charge on any atom is 0.343 e. The van der Waals surface area contributed by atoms with Crippen LogP contribution in [-0.2, 0) is 0 Å². The Kier molecular flexibility index (Phi) is 8.38. The van der Waals surface area contributed by atoms with Gasteiger partial charge >= 0.3 is 5.97 Å². The van der Waals surface area contributed by atoms with E-state index < -0.39 is 23.2 Å². The van der Waals surface area contributed by atoms with Crippen LogP contribution in [0.25, 0.3) is 0 Å². The third kappa shape index (κ3) is 6.39. The number of hydrogen-bond acceptors (Lipinski definition) is 4. The molecule has 0 unspecified atom stereocenters. The van der Waals surface area contributed by atoms with Crippen LogP contribution >= 0.6 is 0 Å². The van der Waals surface area contributed by atoms with Crippen molar-refractivity contribution in [2.45, 2.75) is 64.7 Å². The zero-order valence-corrected chi connectivity index (χ0v) is 20.3. The van der Waals surface area contributed by atoms with Gasteiger partial charge in [0.05, 0.1) is 12.2 Å². The van der Waals surface area contributed by atoms with Crippen LogP contribution in [0.15, 0.2) is 36.4 Å². The Balaban J connectivity index is 1.22. The number of halogens is 2. The highest BCUT2D eigenvalue weighted by Crippen LogP contribution is 2.42. The summed E-state index contributed by atoms with van der Waals surface area (Å²) in [5, 5.41) is 8.73. The molecule has 0 bridgehead atoms. The van der Waals surface area contributed by atoms with Gasteiger partial charge in [0.15, 0.2) is 0 Å². The fourth-order valence-electron chi connectivity index (χ4n) is 5.68. The predicted molar refractivity (Wildman–Crippen MR) is 129 cm³/mol. The van der Waals surface area contributed by atoms with E-state index in [1.54, 1.807) is 24.3 Å². The first-order valence-corrected chi connectivity index (χ1v) is 12.8. The molecule has 2 aliphatic carbocycles. The summed E-state index contributed by atoms with van der Waals surface area (Å²) in [5.74, 6) is 0.808. The Morgan fingerprint density at radius 1 is 0.886 bits per heavy atom. The van der Waals surface area contributed by atoms with E-state index in [1.165, 1.54) is 63.9 Å². The molecule has 0 saturated heterocycles. The van der Waals surface area contributed by atoms with E-state index >= 15 is 0 Å². The third-order valence-electron chi connectivity index (χ3n) is 7.94. The van der Waals surface area contributed by atoms with Crippen molar-refractivity contribution in [1.82, 2.24) is 0 Å². The van der Waals surface area contributed by atoms with Crippen molar-refractivity contribution in [3.05, 3.63) is 59.2 Å². The summed E-state index contributed by atoms with van der Waals surface area (Å²) in [6, 6.07) is 9.62. The van der Waals surface area contributed by atoms with Gasteiger partial charge in [-0.25, -0.2) is 13.6 Å². The van der Waals surface area contributed by atoms with E-state index in [-0.39, 0.29) is 11.3 Å². The van der Waals surface area contributed by atoms with Crippen LogP contribution < -0.4 is 9.47 Å². The van der Waals surface area contributed by atoms with E-state index in [1.807, 2.05) is 0 Å². The van der Waals surface area contributed by atoms with Crippen molar-refractivity contribution in [2.24, 2.45) is 23.7 Å². The zero-order chi connectivity index (χ0) is 24.8. The molecular formula is C29H33F2NO3. The minimum atomic E-state index is -1.07. The molecule has 0 atom stereocenters. The van der Waals surface area contributed by atoms with Crippen molar-refractivity contribution in [2.75, 3.05) is 6.61 Å². The van der Waals surface area contributed by atoms with E-state index in [9.17, 15) is 13.6 Å². The van der Waals surface area contributed by atoms with Crippen LogP contribution in [0.1, 0.15) is 80.6 Å². The Morgan fingerprint density at radius 2 is 1.43 bits per heavy atom. The molecule has 2 saturated carbocycles. The smallest absolute Gasteiger partial charge is 0.343 e. The molecule has 2 aliphatic rings. The Labute approximate surface area is 206 Å². The van der Waals surface area contributed by atoms with Crippen LogP contribution in [0, 0.1) is 46.6 Å². The van der Waals surface area contributed by atoms with E-state index in [0.29, 0.717) is 18.3 Å². The molecule has 0 N–H and O–H groups in total. The molecule has 6 heteroatoms. The van der Waals surface area contributed by atoms with Crippen molar-refractivity contribution in [3.8, 4) is 17.6 Å². The van der Waals surface area contributed by atoms with E-state index in [2.05, 4.69) is 6.92 Å². The minimum absolute atomic E-state index is 0.237. The monoisotopic (exact) mass is 481 g/mol. The lowest BCUT2D eigenvalue weighted by atomic mass is 9.69. The topological polar surface area (TPSA) is 59.3 Å². The van der Waals surface area contributed by atoms with Crippen LogP contribution in [0.3, 0.4) is 0 Å². The first-order valence-electron chi connectivity index (χ1n) is 12.8. The van der Waals surface area contributed by atoms with Gasteiger partial charge in [-0.3, -0.25) is 0 Å². The molecule has 0 radical (unpaired) electrons. The largest absolute Gasteiger partial charge is 0.493 e. The van der Waals surface area contributed by atoms with E-state index in [4.69, 9.17) is 14.7 Å². The molecule has 0 spiro atoms. The lowest BCUT2D eigenvalue weighted by Crippen LogP contribution is -2.27. The highest BCUT2D eigenvalue weighted by molar-refractivity contribution is 5.91. The molecule has 4 nitrogen and oxygen atoms in total. The first kappa shape index (κ1) is 25.2. The molecule has 2 aromatic carbocycles. The van der Waals surface area contributed by atoms with Crippen molar-refractivity contribution >= 4 is 5.97 Å². The van der Waals surface area contributed by atoms with Gasteiger partial charge in [-0.15, -0.1) is 0 Å². The minimum Gasteiger partial charge on any atom is -0.493 e. The van der Waals surface area contributed by atoms with Gasteiger partial charge in [0, 0.05) is 12.1 Å². The molecule has 0 amide bonds. The second-order valence-electron chi connectivity index (χ2n) is 10.1. The number of ether oxygens (including phenoxy) is 2. The normalized spacial score (nSPS) is 24.4. The molecule has 4 rings (SSSR count). The predicted octanol–water partition coefficient (Wildman–Crippen LogP) is 7.46. The summed E-state index contributed by atoms with van der Waals surface area (Å²) in [7, 11) is 0. The van der Waals surface area contributed by atoms with Gasteiger partial charge in [-0.2, -0.15) is 5.26 Å². The molecule has 186 valence electrons. The number of carbonyl (C=O) groups excluding carboxylic acids is 1. The number of nitriles is 1. The summed E-state index contributed by atoms with van der Waals surface area (Å²) in [5.41, 5.74) is -0.472. The Bertz CT molecular complexity index is 1020. The quantitative estimate of drug-likeness (QED) is 0.304. The maximum atomic E-state index is 13.7.